The number of rotatable bonds is 3. The van der Waals surface area contributed by atoms with E-state index in [0.29, 0.717) is 16.4 Å². The Kier molecular flexibility index (Phi) is 4.47. The number of para-hydroxylation sites is 3. The van der Waals surface area contributed by atoms with Crippen molar-refractivity contribution in [1.82, 2.24) is 0 Å². The number of nitrogens with one attached hydrogen (secondary N) is 1. The van der Waals surface area contributed by atoms with Gasteiger partial charge in [0.05, 0.1) is 28.0 Å². The maximum Gasteiger partial charge on any atom is 0.244 e. The minimum atomic E-state index is -0.289. The molecule has 6 heteroatoms. The van der Waals surface area contributed by atoms with E-state index in [1.807, 2.05) is 24.3 Å². The Hall–Kier alpha value is -2.66. The number of benzene rings is 2. The number of hydrogen-bond donors (Lipinski definition) is 1. The number of carbonyl (C=O) groups excluding carboxylic acids is 2. The van der Waals surface area contributed by atoms with Crippen LogP contribution in [0.5, 0.6) is 0 Å². The van der Waals surface area contributed by atoms with Gasteiger partial charge in [-0.1, -0.05) is 35.9 Å². The van der Waals surface area contributed by atoms with Crippen LogP contribution in [0.3, 0.4) is 0 Å². The molecule has 1 fully saturated rings. The fourth-order valence-corrected chi connectivity index (χ4v) is 3.72. The molecule has 0 radical (unpaired) electrons. The smallest absolute Gasteiger partial charge is 0.244 e. The second-order valence-electron chi connectivity index (χ2n) is 6.49. The number of hydrogen-bond acceptors (Lipinski definition) is 3. The molecule has 132 valence electrons. The van der Waals surface area contributed by atoms with Crippen molar-refractivity contribution in [3.8, 4) is 0 Å². The predicted octanol–water partition coefficient (Wildman–Crippen LogP) is 4.20. The van der Waals surface area contributed by atoms with Crippen LogP contribution < -0.4 is 10.2 Å². The van der Waals surface area contributed by atoms with Crippen molar-refractivity contribution < 1.29 is 9.59 Å². The van der Waals surface area contributed by atoms with Gasteiger partial charge in [-0.05, 0) is 43.5 Å². The second kappa shape index (κ2) is 6.92. The van der Waals surface area contributed by atoms with Gasteiger partial charge in [-0.2, -0.15) is 0 Å². The molecule has 1 saturated carbocycles. The lowest BCUT2D eigenvalue weighted by atomic mass is 10.1. The zero-order valence-electron chi connectivity index (χ0n) is 14.1. The van der Waals surface area contributed by atoms with Gasteiger partial charge in [0.2, 0.25) is 11.8 Å². The average molecular weight is 368 g/mol. The Labute approximate surface area is 156 Å². The van der Waals surface area contributed by atoms with E-state index in [4.69, 9.17) is 16.6 Å². The Bertz CT molecular complexity index is 909. The summed E-state index contributed by atoms with van der Waals surface area (Å²) in [5, 5.41) is 3.25. The van der Waals surface area contributed by atoms with E-state index < -0.39 is 0 Å². The summed E-state index contributed by atoms with van der Waals surface area (Å²) in [6, 6.07) is 14.5. The molecule has 0 saturated heterocycles. The van der Waals surface area contributed by atoms with Crippen LogP contribution >= 0.6 is 11.6 Å². The van der Waals surface area contributed by atoms with Gasteiger partial charge < -0.3 is 10.2 Å². The highest BCUT2D eigenvalue weighted by Crippen LogP contribution is 2.37. The van der Waals surface area contributed by atoms with Crippen LogP contribution in [0.15, 0.2) is 53.5 Å². The number of halogens is 1. The van der Waals surface area contributed by atoms with Crippen LogP contribution in [-0.2, 0) is 9.59 Å². The average Bonchev–Trinajstić information content (AvgIpc) is 3.06. The van der Waals surface area contributed by atoms with Crippen LogP contribution in [0.1, 0.15) is 19.3 Å². The van der Waals surface area contributed by atoms with Gasteiger partial charge >= 0.3 is 0 Å². The van der Waals surface area contributed by atoms with Crippen molar-refractivity contribution in [3.05, 3.63) is 53.6 Å². The molecule has 1 atom stereocenters. The molecule has 5 nitrogen and oxygen atoms in total. The van der Waals surface area contributed by atoms with Crippen molar-refractivity contribution in [1.29, 1.82) is 0 Å². The molecular formula is C20H18ClN3O2. The molecule has 0 bridgehead atoms. The predicted molar refractivity (Wildman–Crippen MR) is 103 cm³/mol. The minimum Gasteiger partial charge on any atom is -0.323 e. The lowest BCUT2D eigenvalue weighted by molar-refractivity contribution is -0.122. The molecule has 0 spiro atoms. The molecular weight excluding hydrogens is 350 g/mol. The number of aliphatic imine (C=N–C) groups is 1. The van der Waals surface area contributed by atoms with Crippen LogP contribution in [0.4, 0.5) is 17.1 Å². The first-order valence-corrected chi connectivity index (χ1v) is 9.03. The van der Waals surface area contributed by atoms with Crippen molar-refractivity contribution in [2.45, 2.75) is 19.3 Å². The quantitative estimate of drug-likeness (QED) is 0.883. The zero-order chi connectivity index (χ0) is 18.1. The topological polar surface area (TPSA) is 61.8 Å². The van der Waals surface area contributed by atoms with E-state index in [1.54, 1.807) is 29.2 Å². The van der Waals surface area contributed by atoms with Gasteiger partial charge in [0.15, 0.2) is 0 Å². The number of anilines is 2. The number of nitrogens with zero attached hydrogens (tertiary/aromatic N) is 2. The third-order valence-corrected chi connectivity index (χ3v) is 5.11. The number of fused-ring (bicyclic) bond motifs is 2. The normalized spacial score (nSPS) is 18.7. The monoisotopic (exact) mass is 367 g/mol. The van der Waals surface area contributed by atoms with Gasteiger partial charge in [0.25, 0.3) is 0 Å². The van der Waals surface area contributed by atoms with E-state index >= 15 is 0 Å². The molecule has 1 aliphatic heterocycles. The molecule has 0 unspecified atom stereocenters. The van der Waals surface area contributed by atoms with Crippen molar-refractivity contribution in [2.75, 3.05) is 16.8 Å². The Balaban J connectivity index is 1.62. The Morgan fingerprint density at radius 2 is 1.96 bits per heavy atom. The van der Waals surface area contributed by atoms with E-state index in [2.05, 4.69) is 5.32 Å². The number of carbonyl (C=O) groups is 2. The first-order valence-electron chi connectivity index (χ1n) is 8.66. The second-order valence-corrected chi connectivity index (χ2v) is 6.90. The maximum absolute atomic E-state index is 13.1. The largest absolute Gasteiger partial charge is 0.323 e. The van der Waals surface area contributed by atoms with E-state index in [1.165, 1.54) is 0 Å². The number of amides is 2. The van der Waals surface area contributed by atoms with Crippen LogP contribution in [0.2, 0.25) is 5.02 Å². The molecule has 1 N–H and O–H groups in total. The standard InChI is InChI=1S/C20H18ClN3O2/c21-14-7-1-2-8-16(14)23-19(25)12-24-18-11-4-3-9-17(18)22-15-10-5-6-13(15)20(24)26/h1-4,7-9,11,13H,5-6,10,12H2,(H,23,25)/t13-/m1/s1. The maximum atomic E-state index is 13.1. The first-order chi connectivity index (χ1) is 12.6. The lowest BCUT2D eigenvalue weighted by Gasteiger charge is -2.24. The molecule has 1 aliphatic carbocycles. The van der Waals surface area contributed by atoms with E-state index in [9.17, 15) is 9.59 Å². The fraction of sp³-hybridized carbons (Fsp3) is 0.250. The summed E-state index contributed by atoms with van der Waals surface area (Å²) in [6.07, 6.45) is 2.58. The van der Waals surface area contributed by atoms with E-state index in [-0.39, 0.29) is 24.3 Å². The van der Waals surface area contributed by atoms with Gasteiger partial charge in [-0.25, -0.2) is 0 Å². The SMILES string of the molecule is O=C(CN1C(=O)[C@@H]2CCCC2=Nc2ccccc21)Nc1ccccc1Cl. The molecule has 2 aliphatic rings. The van der Waals surface area contributed by atoms with Crippen molar-refractivity contribution in [2.24, 2.45) is 10.9 Å². The van der Waals surface area contributed by atoms with Crippen molar-refractivity contribution in [3.63, 3.8) is 0 Å². The zero-order valence-corrected chi connectivity index (χ0v) is 14.9. The summed E-state index contributed by atoms with van der Waals surface area (Å²) < 4.78 is 0. The molecule has 2 amide bonds. The van der Waals surface area contributed by atoms with Gasteiger partial charge in [0, 0.05) is 5.71 Å². The minimum absolute atomic E-state index is 0.0551. The molecule has 2 aromatic rings. The first kappa shape index (κ1) is 16.8. The van der Waals surface area contributed by atoms with Crippen LogP contribution in [0, 0.1) is 5.92 Å². The molecule has 2 aromatic carbocycles. The third kappa shape index (κ3) is 3.10. The van der Waals surface area contributed by atoms with E-state index in [0.717, 1.165) is 30.7 Å². The Morgan fingerprint density at radius 3 is 2.81 bits per heavy atom. The summed E-state index contributed by atoms with van der Waals surface area (Å²) >= 11 is 6.11. The van der Waals surface area contributed by atoms with Gasteiger partial charge in [-0.3, -0.25) is 14.6 Å². The highest BCUT2D eigenvalue weighted by Gasteiger charge is 2.37. The molecule has 1 heterocycles. The fourth-order valence-electron chi connectivity index (χ4n) is 3.54. The third-order valence-electron chi connectivity index (χ3n) is 4.78. The van der Waals surface area contributed by atoms with Gasteiger partial charge in [-0.15, -0.1) is 0 Å². The van der Waals surface area contributed by atoms with Gasteiger partial charge in [0.1, 0.15) is 6.54 Å². The van der Waals surface area contributed by atoms with Crippen molar-refractivity contribution >= 4 is 46.2 Å². The summed E-state index contributed by atoms with van der Waals surface area (Å²) in [6.45, 7) is -0.0691. The summed E-state index contributed by atoms with van der Waals surface area (Å²) in [5.74, 6) is -0.571. The van der Waals surface area contributed by atoms with Crippen LogP contribution in [-0.4, -0.2) is 24.1 Å². The highest BCUT2D eigenvalue weighted by molar-refractivity contribution is 6.33. The Morgan fingerprint density at radius 1 is 1.19 bits per heavy atom. The summed E-state index contributed by atoms with van der Waals surface area (Å²) in [4.78, 5) is 31.9. The molecule has 0 aromatic heterocycles. The summed E-state index contributed by atoms with van der Waals surface area (Å²) in [7, 11) is 0. The molecule has 26 heavy (non-hydrogen) atoms. The lowest BCUT2D eigenvalue weighted by Crippen LogP contribution is -2.41. The molecule has 4 rings (SSSR count). The summed E-state index contributed by atoms with van der Waals surface area (Å²) in [5.41, 5.74) is 2.88. The highest BCUT2D eigenvalue weighted by atomic mass is 35.5. The van der Waals surface area contributed by atoms with Crippen LogP contribution in [0.25, 0.3) is 0 Å².